The highest BCUT2D eigenvalue weighted by molar-refractivity contribution is 7.91. The van der Waals surface area contributed by atoms with Gasteiger partial charge in [0.15, 0.2) is 9.84 Å². The Hall–Kier alpha value is -2.18. The van der Waals surface area contributed by atoms with E-state index in [4.69, 9.17) is 0 Å². The van der Waals surface area contributed by atoms with Gasteiger partial charge in [-0.3, -0.25) is 9.69 Å². The smallest absolute Gasteiger partial charge is 0.236 e. The van der Waals surface area contributed by atoms with E-state index in [2.05, 4.69) is 60.4 Å². The van der Waals surface area contributed by atoms with Crippen molar-refractivity contribution in [2.24, 2.45) is 0 Å². The van der Waals surface area contributed by atoms with Crippen LogP contribution in [-0.4, -0.2) is 55.3 Å². The zero-order chi connectivity index (χ0) is 21.3. The summed E-state index contributed by atoms with van der Waals surface area (Å²) in [5.74, 6) is 0.256. The van der Waals surface area contributed by atoms with Gasteiger partial charge in [0.1, 0.15) is 0 Å². The van der Waals surface area contributed by atoms with Gasteiger partial charge in [-0.2, -0.15) is 0 Å². The van der Waals surface area contributed by atoms with Crippen molar-refractivity contribution in [3.8, 4) is 0 Å². The van der Waals surface area contributed by atoms with E-state index in [1.807, 2.05) is 0 Å². The van der Waals surface area contributed by atoms with Gasteiger partial charge in [0.2, 0.25) is 5.91 Å². The Morgan fingerprint density at radius 1 is 1.07 bits per heavy atom. The summed E-state index contributed by atoms with van der Waals surface area (Å²) in [5, 5.41) is 0. The van der Waals surface area contributed by atoms with Crippen molar-refractivity contribution in [1.29, 1.82) is 0 Å². The molecule has 0 radical (unpaired) electrons. The lowest BCUT2D eigenvalue weighted by Gasteiger charge is -2.32. The summed E-state index contributed by atoms with van der Waals surface area (Å²) < 4.78 is 23.7. The first kappa shape index (κ1) is 21.1. The summed E-state index contributed by atoms with van der Waals surface area (Å²) >= 11 is 0. The molecule has 1 saturated heterocycles. The van der Waals surface area contributed by atoms with Gasteiger partial charge >= 0.3 is 0 Å². The summed E-state index contributed by atoms with van der Waals surface area (Å²) in [6, 6.07) is 16.9. The molecule has 1 fully saturated rings. The fourth-order valence-corrected chi connectivity index (χ4v) is 6.46. The van der Waals surface area contributed by atoms with Gasteiger partial charge in [0, 0.05) is 25.7 Å². The van der Waals surface area contributed by atoms with Gasteiger partial charge in [-0.1, -0.05) is 54.1 Å². The van der Waals surface area contributed by atoms with Crippen LogP contribution in [0.3, 0.4) is 0 Å². The first-order valence-corrected chi connectivity index (χ1v) is 12.5. The van der Waals surface area contributed by atoms with E-state index in [9.17, 15) is 13.2 Å². The number of hydrogen-bond donors (Lipinski definition) is 0. The molecule has 160 valence electrons. The molecule has 0 saturated carbocycles. The summed E-state index contributed by atoms with van der Waals surface area (Å²) in [4.78, 5) is 17.1. The van der Waals surface area contributed by atoms with Gasteiger partial charge in [-0.15, -0.1) is 0 Å². The molecule has 4 rings (SSSR count). The number of benzene rings is 2. The quantitative estimate of drug-likeness (QED) is 0.712. The van der Waals surface area contributed by atoms with Crippen LogP contribution in [0.1, 0.15) is 41.1 Å². The number of rotatable bonds is 6. The molecule has 2 atom stereocenters. The maximum absolute atomic E-state index is 13.2. The molecule has 2 aromatic carbocycles. The second-order valence-electron chi connectivity index (χ2n) is 8.71. The average molecular weight is 427 g/mol. The SMILES string of the molecule is Cc1ccc(CN(CC(=O)N(C)[C@H]2CCS(=O)(=O)C2)[C@H]2CCc3ccccc32)cc1. The van der Waals surface area contributed by atoms with Crippen LogP contribution in [0.25, 0.3) is 0 Å². The Morgan fingerprint density at radius 2 is 1.80 bits per heavy atom. The van der Waals surface area contributed by atoms with Crippen molar-refractivity contribution in [1.82, 2.24) is 9.80 Å². The predicted molar refractivity (Wildman–Crippen MR) is 119 cm³/mol. The first-order valence-electron chi connectivity index (χ1n) is 10.7. The van der Waals surface area contributed by atoms with Crippen LogP contribution in [0.5, 0.6) is 0 Å². The van der Waals surface area contributed by atoms with Gasteiger partial charge < -0.3 is 4.90 Å². The van der Waals surface area contributed by atoms with Gasteiger partial charge in [-0.25, -0.2) is 8.42 Å². The molecule has 1 amide bonds. The molecular formula is C24H30N2O3S. The lowest BCUT2D eigenvalue weighted by Crippen LogP contribution is -2.44. The van der Waals surface area contributed by atoms with Crippen LogP contribution in [0.15, 0.2) is 48.5 Å². The third kappa shape index (κ3) is 4.60. The number of carbonyl (C=O) groups is 1. The average Bonchev–Trinajstić information content (AvgIpc) is 3.31. The Bertz CT molecular complexity index is 1020. The van der Waals surface area contributed by atoms with E-state index >= 15 is 0 Å². The Morgan fingerprint density at radius 3 is 2.50 bits per heavy atom. The fraction of sp³-hybridized carbons (Fsp3) is 0.458. The van der Waals surface area contributed by atoms with Crippen LogP contribution < -0.4 is 0 Å². The predicted octanol–water partition coefficient (Wildman–Crippen LogP) is 3.13. The van der Waals surface area contributed by atoms with Crippen molar-refractivity contribution in [3.05, 3.63) is 70.8 Å². The zero-order valence-corrected chi connectivity index (χ0v) is 18.6. The van der Waals surface area contributed by atoms with Crippen LogP contribution in [0, 0.1) is 6.92 Å². The second-order valence-corrected chi connectivity index (χ2v) is 10.9. The highest BCUT2D eigenvalue weighted by Gasteiger charge is 2.35. The van der Waals surface area contributed by atoms with Crippen LogP contribution in [-0.2, 0) is 27.6 Å². The largest absolute Gasteiger partial charge is 0.341 e. The lowest BCUT2D eigenvalue weighted by molar-refractivity contribution is -0.133. The molecule has 1 heterocycles. The Labute approximate surface area is 179 Å². The first-order chi connectivity index (χ1) is 14.3. The van der Waals surface area contributed by atoms with E-state index in [1.54, 1.807) is 11.9 Å². The number of fused-ring (bicyclic) bond motifs is 1. The monoisotopic (exact) mass is 426 g/mol. The molecule has 1 aliphatic carbocycles. The maximum atomic E-state index is 13.2. The molecule has 5 nitrogen and oxygen atoms in total. The number of carbonyl (C=O) groups excluding carboxylic acids is 1. The zero-order valence-electron chi connectivity index (χ0n) is 17.8. The minimum Gasteiger partial charge on any atom is -0.341 e. The number of nitrogens with zero attached hydrogens (tertiary/aromatic N) is 2. The minimum absolute atomic E-state index is 0.00593. The van der Waals surface area contributed by atoms with E-state index in [0.717, 1.165) is 12.8 Å². The molecule has 1 aliphatic heterocycles. The second kappa shape index (κ2) is 8.52. The number of hydrogen-bond acceptors (Lipinski definition) is 4. The molecule has 30 heavy (non-hydrogen) atoms. The van der Waals surface area contributed by atoms with E-state index in [1.165, 1.54) is 22.3 Å². The van der Waals surface area contributed by atoms with Crippen molar-refractivity contribution >= 4 is 15.7 Å². The molecular weight excluding hydrogens is 396 g/mol. The fourth-order valence-electron chi connectivity index (χ4n) is 4.69. The number of aryl methyl sites for hydroxylation is 2. The summed E-state index contributed by atoms with van der Waals surface area (Å²) in [6.07, 6.45) is 2.56. The molecule has 0 spiro atoms. The molecule has 2 aliphatic rings. The van der Waals surface area contributed by atoms with Gasteiger partial charge in [0.25, 0.3) is 0 Å². The molecule has 0 unspecified atom stereocenters. The summed E-state index contributed by atoms with van der Waals surface area (Å²) in [7, 11) is -1.27. The third-order valence-corrected chi connectivity index (χ3v) is 8.29. The summed E-state index contributed by atoms with van der Waals surface area (Å²) in [6.45, 7) is 3.06. The number of likely N-dealkylation sites (N-methyl/N-ethyl adjacent to an activating group) is 1. The van der Waals surface area contributed by atoms with Crippen molar-refractivity contribution < 1.29 is 13.2 Å². The van der Waals surface area contributed by atoms with Crippen LogP contribution >= 0.6 is 0 Å². The molecule has 0 aromatic heterocycles. The van der Waals surface area contributed by atoms with E-state index < -0.39 is 9.84 Å². The number of amides is 1. The summed E-state index contributed by atoms with van der Waals surface area (Å²) in [5.41, 5.74) is 5.07. The van der Waals surface area contributed by atoms with Crippen molar-refractivity contribution in [3.63, 3.8) is 0 Å². The minimum atomic E-state index is -3.02. The molecule has 0 bridgehead atoms. The molecule has 6 heteroatoms. The topological polar surface area (TPSA) is 57.7 Å². The van der Waals surface area contributed by atoms with Gasteiger partial charge in [-0.05, 0) is 42.9 Å². The standard InChI is InChI=1S/C24H30N2O3S/c1-18-7-9-19(10-8-18)15-26(23-12-11-20-5-3-4-6-22(20)23)16-24(27)25(2)21-13-14-30(28,29)17-21/h3-10,21,23H,11-17H2,1-2H3/t21-,23-/m0/s1. The van der Waals surface area contributed by atoms with Crippen LogP contribution in [0.2, 0.25) is 0 Å². The molecule has 0 N–H and O–H groups in total. The van der Waals surface area contributed by atoms with Crippen LogP contribution in [0.4, 0.5) is 0 Å². The lowest BCUT2D eigenvalue weighted by atomic mass is 10.1. The third-order valence-electron chi connectivity index (χ3n) is 6.54. The Balaban J connectivity index is 1.54. The normalized spacial score (nSPS) is 22.2. The Kier molecular flexibility index (Phi) is 5.98. The maximum Gasteiger partial charge on any atom is 0.236 e. The van der Waals surface area contributed by atoms with Crippen molar-refractivity contribution in [2.75, 3.05) is 25.1 Å². The number of sulfone groups is 1. The van der Waals surface area contributed by atoms with Crippen molar-refractivity contribution in [2.45, 2.75) is 44.8 Å². The van der Waals surface area contributed by atoms with E-state index in [-0.39, 0.29) is 29.5 Å². The highest BCUT2D eigenvalue weighted by Crippen LogP contribution is 2.36. The van der Waals surface area contributed by atoms with Gasteiger partial charge in [0.05, 0.1) is 18.1 Å². The van der Waals surface area contributed by atoms with E-state index in [0.29, 0.717) is 19.5 Å². The molecule has 2 aromatic rings. The highest BCUT2D eigenvalue weighted by atomic mass is 32.2.